The van der Waals surface area contributed by atoms with E-state index in [0.717, 1.165) is 6.42 Å². The van der Waals surface area contributed by atoms with E-state index in [1.165, 1.54) is 7.11 Å². The Morgan fingerprint density at radius 2 is 1.93 bits per heavy atom. The Labute approximate surface area is 88.7 Å². The van der Waals surface area contributed by atoms with E-state index in [-0.39, 0.29) is 11.9 Å². The van der Waals surface area contributed by atoms with E-state index < -0.39 is 10.8 Å². The van der Waals surface area contributed by atoms with Crippen LogP contribution in [0.25, 0.3) is 0 Å². The first-order valence-corrected chi connectivity index (χ1v) is 6.42. The number of carbonyl (C=O) groups excluding carboxylic acids is 1. The first-order chi connectivity index (χ1) is 6.51. The van der Waals surface area contributed by atoms with Gasteiger partial charge >= 0.3 is 5.97 Å². The average molecular weight is 220 g/mol. The highest BCUT2D eigenvalue weighted by atomic mass is 32.2. The van der Waals surface area contributed by atoms with E-state index in [2.05, 4.69) is 18.6 Å². The van der Waals surface area contributed by atoms with Crippen LogP contribution in [-0.4, -0.2) is 28.8 Å². The Bertz CT molecular complexity index is 204. The molecule has 0 heterocycles. The molecule has 0 bridgehead atoms. The first kappa shape index (κ1) is 13.6. The van der Waals surface area contributed by atoms with Gasteiger partial charge in [0.25, 0.3) is 0 Å². The zero-order valence-electron chi connectivity index (χ0n) is 9.41. The van der Waals surface area contributed by atoms with Crippen molar-refractivity contribution >= 4 is 16.8 Å². The predicted molar refractivity (Wildman–Crippen MR) is 58.5 cm³/mol. The monoisotopic (exact) mass is 220 g/mol. The molecule has 0 saturated carbocycles. The van der Waals surface area contributed by atoms with Crippen LogP contribution in [-0.2, 0) is 20.3 Å². The van der Waals surface area contributed by atoms with Crippen LogP contribution in [0.3, 0.4) is 0 Å². The van der Waals surface area contributed by atoms with Crippen LogP contribution in [0.2, 0.25) is 0 Å². The third kappa shape index (κ3) is 5.37. The molecule has 0 spiro atoms. The van der Waals surface area contributed by atoms with Gasteiger partial charge in [0.15, 0.2) is 0 Å². The molecule has 0 aliphatic carbocycles. The van der Waals surface area contributed by atoms with Crippen molar-refractivity contribution in [2.24, 2.45) is 11.8 Å². The van der Waals surface area contributed by atoms with Crippen LogP contribution in [0.4, 0.5) is 0 Å². The molecule has 0 aliphatic rings. The first-order valence-electron chi connectivity index (χ1n) is 4.94. The molecule has 4 heteroatoms. The van der Waals surface area contributed by atoms with Gasteiger partial charge in [-0.05, 0) is 5.92 Å². The topological polar surface area (TPSA) is 43.4 Å². The predicted octanol–water partition coefficient (Wildman–Crippen LogP) is 1.59. The average Bonchev–Trinajstić information content (AvgIpc) is 2.15. The van der Waals surface area contributed by atoms with Crippen LogP contribution < -0.4 is 0 Å². The maximum Gasteiger partial charge on any atom is 0.309 e. The molecular weight excluding hydrogens is 200 g/mol. The Hall–Kier alpha value is -0.380. The maximum atomic E-state index is 11.5. The minimum atomic E-state index is -0.903. The highest BCUT2D eigenvalue weighted by Gasteiger charge is 2.17. The summed E-state index contributed by atoms with van der Waals surface area (Å²) in [4.78, 5) is 11.0. The summed E-state index contributed by atoms with van der Waals surface area (Å²) in [5.74, 6) is 1.02. The van der Waals surface area contributed by atoms with Crippen LogP contribution >= 0.6 is 0 Å². The molecule has 0 radical (unpaired) electrons. The Morgan fingerprint density at radius 1 is 1.36 bits per heavy atom. The Kier molecular flexibility index (Phi) is 6.79. The van der Waals surface area contributed by atoms with Crippen molar-refractivity contribution in [2.45, 2.75) is 27.2 Å². The third-order valence-electron chi connectivity index (χ3n) is 2.21. The summed E-state index contributed by atoms with van der Waals surface area (Å²) in [6.07, 6.45) is 1.03. The molecule has 3 unspecified atom stereocenters. The summed E-state index contributed by atoms with van der Waals surface area (Å²) < 4.78 is 16.1. The minimum absolute atomic E-state index is 0.259. The lowest BCUT2D eigenvalue weighted by Crippen LogP contribution is -2.22. The van der Waals surface area contributed by atoms with Gasteiger partial charge in [0.2, 0.25) is 0 Å². The lowest BCUT2D eigenvalue weighted by molar-refractivity contribution is -0.144. The van der Waals surface area contributed by atoms with Crippen molar-refractivity contribution in [3.05, 3.63) is 0 Å². The summed E-state index contributed by atoms with van der Waals surface area (Å²) >= 11 is 0. The van der Waals surface area contributed by atoms with Crippen molar-refractivity contribution in [2.75, 3.05) is 18.6 Å². The lowest BCUT2D eigenvalue weighted by atomic mass is 10.2. The summed E-state index contributed by atoms with van der Waals surface area (Å²) in [5, 5.41) is 0. The summed E-state index contributed by atoms with van der Waals surface area (Å²) in [5.41, 5.74) is 0. The van der Waals surface area contributed by atoms with E-state index in [4.69, 9.17) is 0 Å². The zero-order valence-corrected chi connectivity index (χ0v) is 10.2. The van der Waals surface area contributed by atoms with Crippen LogP contribution in [0, 0.1) is 11.8 Å². The maximum absolute atomic E-state index is 11.5. The Balaban J connectivity index is 3.88. The number of methoxy groups -OCH3 is 1. The minimum Gasteiger partial charge on any atom is -0.469 e. The largest absolute Gasteiger partial charge is 0.469 e. The van der Waals surface area contributed by atoms with Gasteiger partial charge in [0.05, 0.1) is 13.0 Å². The number of carbonyl (C=O) groups is 1. The van der Waals surface area contributed by atoms with E-state index in [1.54, 1.807) is 6.92 Å². The quantitative estimate of drug-likeness (QED) is 0.638. The van der Waals surface area contributed by atoms with E-state index in [9.17, 15) is 9.00 Å². The van der Waals surface area contributed by atoms with Gasteiger partial charge in [-0.3, -0.25) is 9.00 Å². The van der Waals surface area contributed by atoms with Gasteiger partial charge in [-0.2, -0.15) is 0 Å². The van der Waals surface area contributed by atoms with Gasteiger partial charge in [-0.25, -0.2) is 0 Å². The lowest BCUT2D eigenvalue weighted by Gasteiger charge is -2.11. The summed E-state index contributed by atoms with van der Waals surface area (Å²) in [6, 6.07) is 0. The van der Waals surface area contributed by atoms with Gasteiger partial charge in [-0.15, -0.1) is 0 Å². The second-order valence-electron chi connectivity index (χ2n) is 3.71. The molecule has 14 heavy (non-hydrogen) atoms. The number of rotatable bonds is 6. The fourth-order valence-corrected chi connectivity index (χ4v) is 2.75. The molecule has 0 aromatic carbocycles. The number of ether oxygens (including phenoxy) is 1. The molecule has 84 valence electrons. The zero-order chi connectivity index (χ0) is 11.1. The summed E-state index contributed by atoms with van der Waals surface area (Å²) in [6.45, 7) is 5.90. The van der Waals surface area contributed by atoms with Crippen molar-refractivity contribution in [1.29, 1.82) is 0 Å². The molecule has 0 aromatic rings. The number of hydrogen-bond donors (Lipinski definition) is 0. The van der Waals surface area contributed by atoms with E-state index >= 15 is 0 Å². The number of hydrogen-bond acceptors (Lipinski definition) is 3. The van der Waals surface area contributed by atoms with Crippen LogP contribution in [0.1, 0.15) is 27.2 Å². The molecule has 0 saturated heterocycles. The third-order valence-corrected chi connectivity index (χ3v) is 4.02. The fourth-order valence-electron chi connectivity index (χ4n) is 1.05. The smallest absolute Gasteiger partial charge is 0.309 e. The molecule has 0 N–H and O–H groups in total. The van der Waals surface area contributed by atoms with Gasteiger partial charge in [-0.1, -0.05) is 27.2 Å². The molecule has 0 rings (SSSR count). The van der Waals surface area contributed by atoms with Crippen molar-refractivity contribution in [3.8, 4) is 0 Å². The summed E-state index contributed by atoms with van der Waals surface area (Å²) in [7, 11) is 0.454. The van der Waals surface area contributed by atoms with E-state index in [1.807, 2.05) is 0 Å². The second kappa shape index (κ2) is 6.98. The Morgan fingerprint density at radius 3 is 2.36 bits per heavy atom. The van der Waals surface area contributed by atoms with E-state index in [0.29, 0.717) is 17.4 Å². The highest BCUT2D eigenvalue weighted by Crippen LogP contribution is 2.07. The van der Waals surface area contributed by atoms with Crippen molar-refractivity contribution < 1.29 is 13.7 Å². The SMILES string of the molecule is CCC(C)CS(=O)CC(C)C(=O)OC. The van der Waals surface area contributed by atoms with Crippen molar-refractivity contribution in [1.82, 2.24) is 0 Å². The molecule has 0 fully saturated rings. The molecular formula is C10H20O3S. The van der Waals surface area contributed by atoms with Gasteiger partial charge in [0.1, 0.15) is 0 Å². The standard InChI is InChI=1S/C10H20O3S/c1-5-8(2)6-14(12)7-9(3)10(11)13-4/h8-9H,5-7H2,1-4H3. The fraction of sp³-hybridized carbons (Fsp3) is 0.900. The molecule has 0 amide bonds. The normalized spacial score (nSPS) is 17.1. The molecule has 0 aliphatic heterocycles. The molecule has 3 atom stereocenters. The van der Waals surface area contributed by atoms with Crippen LogP contribution in [0.15, 0.2) is 0 Å². The van der Waals surface area contributed by atoms with Crippen LogP contribution in [0.5, 0.6) is 0 Å². The van der Waals surface area contributed by atoms with Gasteiger partial charge in [0, 0.05) is 22.3 Å². The number of esters is 1. The van der Waals surface area contributed by atoms with Gasteiger partial charge < -0.3 is 4.74 Å². The van der Waals surface area contributed by atoms with Crippen molar-refractivity contribution in [3.63, 3.8) is 0 Å². The highest BCUT2D eigenvalue weighted by molar-refractivity contribution is 7.85. The molecule has 3 nitrogen and oxygen atoms in total. The second-order valence-corrected chi connectivity index (χ2v) is 5.26. The molecule has 0 aromatic heterocycles.